The van der Waals surface area contributed by atoms with Crippen molar-refractivity contribution < 1.29 is 4.79 Å². The number of benzene rings is 1. The summed E-state index contributed by atoms with van der Waals surface area (Å²) in [7, 11) is 0. The fraction of sp³-hybridized carbons (Fsp3) is 0.520. The second-order valence-electron chi connectivity index (χ2n) is 8.10. The molecular formula is C25H33NOS. The van der Waals surface area contributed by atoms with Crippen LogP contribution in [0.5, 0.6) is 0 Å². The van der Waals surface area contributed by atoms with Crippen molar-refractivity contribution in [3.8, 4) is 0 Å². The van der Waals surface area contributed by atoms with Crippen LogP contribution in [0.3, 0.4) is 0 Å². The molecule has 0 saturated heterocycles. The largest absolute Gasteiger partial charge is 0.290 e. The molecule has 3 heteroatoms. The van der Waals surface area contributed by atoms with Crippen molar-refractivity contribution in [2.75, 3.05) is 5.75 Å². The lowest BCUT2D eigenvalue weighted by molar-refractivity contribution is -0.109. The Balaban J connectivity index is 1.75. The molecule has 1 aromatic carbocycles. The lowest BCUT2D eigenvalue weighted by atomic mass is 9.63. The van der Waals surface area contributed by atoms with E-state index in [0.717, 1.165) is 44.3 Å². The van der Waals surface area contributed by atoms with Gasteiger partial charge in [0.1, 0.15) is 0 Å². The standard InChI is InChI=1S/C25H33NOS/c1-4-24-25(18-19(2)26-24,22-11-6-5-7-12-22)23-15-13-21(14-16-23)10-8-9-17-28-20(3)27/h5-7,11,13-16,19,22H,4,8-10,12,17-18H2,1-3H3. The Labute approximate surface area is 174 Å². The minimum Gasteiger partial charge on any atom is -0.290 e. The van der Waals surface area contributed by atoms with Gasteiger partial charge in [0.05, 0.1) is 0 Å². The number of nitrogens with zero attached hydrogens (tertiary/aromatic N) is 1. The number of carbonyl (C=O) groups excluding carboxylic acids is 1. The number of thioether (sulfide) groups is 1. The maximum absolute atomic E-state index is 11.0. The summed E-state index contributed by atoms with van der Waals surface area (Å²) in [5, 5.41) is 0.223. The number of carbonyl (C=O) groups is 1. The van der Waals surface area contributed by atoms with Crippen molar-refractivity contribution in [2.24, 2.45) is 10.9 Å². The summed E-state index contributed by atoms with van der Waals surface area (Å²) >= 11 is 1.44. The van der Waals surface area contributed by atoms with E-state index in [4.69, 9.17) is 4.99 Å². The van der Waals surface area contributed by atoms with Gasteiger partial charge in [0.25, 0.3) is 0 Å². The number of unbranched alkanes of at least 4 members (excludes halogenated alkanes) is 1. The number of aryl methyl sites for hydroxylation is 1. The molecule has 150 valence electrons. The fourth-order valence-corrected chi connectivity index (χ4v) is 5.48. The molecule has 1 aromatic rings. The van der Waals surface area contributed by atoms with Crippen molar-refractivity contribution in [2.45, 2.75) is 70.8 Å². The Morgan fingerprint density at radius 1 is 1.21 bits per heavy atom. The molecule has 3 rings (SSSR count). The molecule has 0 spiro atoms. The predicted octanol–water partition coefficient (Wildman–Crippen LogP) is 6.30. The zero-order valence-electron chi connectivity index (χ0n) is 17.5. The van der Waals surface area contributed by atoms with Crippen LogP contribution in [0.25, 0.3) is 0 Å². The van der Waals surface area contributed by atoms with Crippen LogP contribution in [0.2, 0.25) is 0 Å². The molecule has 1 heterocycles. The monoisotopic (exact) mass is 395 g/mol. The molecule has 1 aliphatic carbocycles. The SMILES string of the molecule is CCC1=NC(C)CC1(c1ccc(CCCCSC(C)=O)cc1)C1C=CC=CC1. The first-order valence-electron chi connectivity index (χ1n) is 10.7. The van der Waals surface area contributed by atoms with Crippen LogP contribution >= 0.6 is 11.8 Å². The summed E-state index contributed by atoms with van der Waals surface area (Å²) in [4.78, 5) is 16.1. The van der Waals surface area contributed by atoms with Gasteiger partial charge in [-0.2, -0.15) is 0 Å². The highest BCUT2D eigenvalue weighted by atomic mass is 32.2. The molecule has 2 nitrogen and oxygen atoms in total. The third-order valence-corrected chi connectivity index (χ3v) is 6.99. The normalized spacial score (nSPS) is 26.5. The average Bonchev–Trinajstić information content (AvgIpc) is 3.06. The van der Waals surface area contributed by atoms with Crippen molar-refractivity contribution in [3.05, 3.63) is 59.7 Å². The van der Waals surface area contributed by atoms with Gasteiger partial charge >= 0.3 is 0 Å². The first-order chi connectivity index (χ1) is 13.6. The minimum absolute atomic E-state index is 0.0477. The summed E-state index contributed by atoms with van der Waals surface area (Å²) in [6.07, 6.45) is 15.6. The van der Waals surface area contributed by atoms with Crippen LogP contribution in [-0.2, 0) is 16.6 Å². The smallest absolute Gasteiger partial charge is 0.185 e. The third kappa shape index (κ3) is 4.68. The summed E-state index contributed by atoms with van der Waals surface area (Å²) in [6, 6.07) is 9.74. The molecule has 0 fully saturated rings. The van der Waals surface area contributed by atoms with Crippen molar-refractivity contribution in [3.63, 3.8) is 0 Å². The van der Waals surface area contributed by atoms with E-state index in [1.807, 2.05) is 0 Å². The van der Waals surface area contributed by atoms with Crippen molar-refractivity contribution in [1.29, 1.82) is 0 Å². The molecule has 3 atom stereocenters. The van der Waals surface area contributed by atoms with Gasteiger partial charge in [0, 0.05) is 29.8 Å². The van der Waals surface area contributed by atoms with Crippen LogP contribution in [-0.4, -0.2) is 22.6 Å². The summed E-state index contributed by atoms with van der Waals surface area (Å²) in [5.74, 6) is 1.43. The highest BCUT2D eigenvalue weighted by molar-refractivity contribution is 8.13. The van der Waals surface area contributed by atoms with Gasteiger partial charge in [0.2, 0.25) is 0 Å². The Kier molecular flexibility index (Phi) is 7.34. The zero-order valence-corrected chi connectivity index (χ0v) is 18.3. The van der Waals surface area contributed by atoms with E-state index in [2.05, 4.69) is 62.4 Å². The van der Waals surface area contributed by atoms with Gasteiger partial charge in [-0.1, -0.05) is 67.3 Å². The van der Waals surface area contributed by atoms with Crippen LogP contribution in [0, 0.1) is 5.92 Å². The Morgan fingerprint density at radius 2 is 2.00 bits per heavy atom. The third-order valence-electron chi connectivity index (χ3n) is 6.09. The summed E-state index contributed by atoms with van der Waals surface area (Å²) < 4.78 is 0. The number of hydrogen-bond acceptors (Lipinski definition) is 3. The van der Waals surface area contributed by atoms with Crippen LogP contribution in [0.1, 0.15) is 64.0 Å². The first kappa shape index (κ1) is 21.1. The summed E-state index contributed by atoms with van der Waals surface area (Å²) in [5.41, 5.74) is 4.25. The van der Waals surface area contributed by atoms with E-state index in [9.17, 15) is 4.79 Å². The minimum atomic E-state index is 0.0477. The summed E-state index contributed by atoms with van der Waals surface area (Å²) in [6.45, 7) is 6.16. The molecule has 0 aromatic heterocycles. The Morgan fingerprint density at radius 3 is 2.64 bits per heavy atom. The Bertz CT molecular complexity index is 761. The lowest BCUT2D eigenvalue weighted by Gasteiger charge is -2.39. The molecular weight excluding hydrogens is 362 g/mol. The van der Waals surface area contributed by atoms with E-state index in [1.54, 1.807) is 6.92 Å². The molecule has 1 aliphatic heterocycles. The highest BCUT2D eigenvalue weighted by Crippen LogP contribution is 2.47. The maximum Gasteiger partial charge on any atom is 0.185 e. The number of aliphatic imine (C=N–C) groups is 1. The molecule has 0 saturated carbocycles. The van der Waals surface area contributed by atoms with Crippen LogP contribution < -0.4 is 0 Å². The van der Waals surface area contributed by atoms with E-state index >= 15 is 0 Å². The van der Waals surface area contributed by atoms with Gasteiger partial charge in [-0.05, 0) is 62.5 Å². The van der Waals surface area contributed by atoms with Gasteiger partial charge < -0.3 is 0 Å². The first-order valence-corrected chi connectivity index (χ1v) is 11.7. The average molecular weight is 396 g/mol. The van der Waals surface area contributed by atoms with Crippen molar-refractivity contribution in [1.82, 2.24) is 0 Å². The number of allylic oxidation sites excluding steroid dienone is 4. The second kappa shape index (κ2) is 9.73. The number of hydrogen-bond donors (Lipinski definition) is 0. The zero-order chi connectivity index (χ0) is 20.0. The van der Waals surface area contributed by atoms with Gasteiger partial charge in [-0.15, -0.1) is 0 Å². The number of rotatable bonds is 8. The van der Waals surface area contributed by atoms with Gasteiger partial charge in [0.15, 0.2) is 5.12 Å². The second-order valence-corrected chi connectivity index (χ2v) is 9.38. The van der Waals surface area contributed by atoms with Crippen molar-refractivity contribution >= 4 is 22.6 Å². The fourth-order valence-electron chi connectivity index (χ4n) is 4.84. The van der Waals surface area contributed by atoms with E-state index in [0.29, 0.717) is 12.0 Å². The van der Waals surface area contributed by atoms with E-state index < -0.39 is 0 Å². The topological polar surface area (TPSA) is 29.4 Å². The maximum atomic E-state index is 11.0. The molecule has 0 amide bonds. The highest BCUT2D eigenvalue weighted by Gasteiger charge is 2.47. The van der Waals surface area contributed by atoms with Crippen LogP contribution in [0.15, 0.2) is 53.6 Å². The van der Waals surface area contributed by atoms with E-state index in [1.165, 1.54) is 28.6 Å². The quantitative estimate of drug-likeness (QED) is 0.483. The molecule has 2 aliphatic rings. The molecule has 3 unspecified atom stereocenters. The molecule has 0 N–H and O–H groups in total. The molecule has 0 radical (unpaired) electrons. The molecule has 0 bridgehead atoms. The van der Waals surface area contributed by atoms with Crippen LogP contribution in [0.4, 0.5) is 0 Å². The van der Waals surface area contributed by atoms with Gasteiger partial charge in [-0.25, -0.2) is 0 Å². The lowest BCUT2D eigenvalue weighted by Crippen LogP contribution is -2.40. The predicted molar refractivity (Wildman–Crippen MR) is 122 cm³/mol. The Hall–Kier alpha value is -1.61. The van der Waals surface area contributed by atoms with E-state index in [-0.39, 0.29) is 10.5 Å². The molecule has 28 heavy (non-hydrogen) atoms. The van der Waals surface area contributed by atoms with Gasteiger partial charge in [-0.3, -0.25) is 9.79 Å².